The lowest BCUT2D eigenvalue weighted by molar-refractivity contribution is 0.0954. The number of hydrogen-bond donors (Lipinski definition) is 1. The highest BCUT2D eigenvalue weighted by atomic mass is 35.5. The Labute approximate surface area is 152 Å². The summed E-state index contributed by atoms with van der Waals surface area (Å²) in [6, 6.07) is 4.89. The zero-order valence-electron chi connectivity index (χ0n) is 13.3. The molecule has 128 valence electrons. The van der Waals surface area contributed by atoms with Crippen LogP contribution in [0, 0.1) is 12.7 Å². The Morgan fingerprint density at radius 1 is 1.28 bits per heavy atom. The average Bonchev–Trinajstić information content (AvgIpc) is 3.01. The van der Waals surface area contributed by atoms with E-state index in [1.807, 2.05) is 6.92 Å². The van der Waals surface area contributed by atoms with Gasteiger partial charge in [0.25, 0.3) is 5.91 Å². The number of carbonyl (C=O) groups excluding carboxylic acids is 1. The van der Waals surface area contributed by atoms with E-state index in [9.17, 15) is 9.18 Å². The van der Waals surface area contributed by atoms with Crippen LogP contribution in [0.15, 0.2) is 36.1 Å². The molecule has 2 aromatic heterocycles. The van der Waals surface area contributed by atoms with Crippen LogP contribution in [0.4, 0.5) is 4.39 Å². The summed E-state index contributed by atoms with van der Waals surface area (Å²) in [6.07, 6.45) is 2.86. The Balaban J connectivity index is 1.72. The van der Waals surface area contributed by atoms with Gasteiger partial charge in [0.2, 0.25) is 0 Å². The first kappa shape index (κ1) is 17.4. The maximum absolute atomic E-state index is 12.9. The third kappa shape index (κ3) is 4.18. The second-order valence-corrected chi connectivity index (χ2v) is 6.63. The van der Waals surface area contributed by atoms with Gasteiger partial charge in [0.15, 0.2) is 11.6 Å². The maximum atomic E-state index is 12.9. The van der Waals surface area contributed by atoms with Gasteiger partial charge in [0.1, 0.15) is 0 Å². The van der Waals surface area contributed by atoms with Crippen LogP contribution in [-0.4, -0.2) is 27.4 Å². The number of nitrogens with one attached hydrogen (secondary N) is 1. The average molecular weight is 377 g/mol. The molecule has 0 fully saturated rings. The summed E-state index contributed by atoms with van der Waals surface area (Å²) < 4.78 is 12.9. The van der Waals surface area contributed by atoms with Crippen LogP contribution in [0.3, 0.4) is 0 Å². The lowest BCUT2D eigenvalue weighted by Crippen LogP contribution is -2.26. The van der Waals surface area contributed by atoms with E-state index in [1.165, 1.54) is 0 Å². The first-order valence-corrected chi connectivity index (χ1v) is 8.75. The molecule has 0 aliphatic heterocycles. The number of aryl methyl sites for hydroxylation is 1. The van der Waals surface area contributed by atoms with Crippen LogP contribution >= 0.6 is 22.9 Å². The molecule has 0 radical (unpaired) electrons. The molecule has 0 bridgehead atoms. The smallest absolute Gasteiger partial charge is 0.252 e. The van der Waals surface area contributed by atoms with E-state index in [0.29, 0.717) is 34.9 Å². The summed E-state index contributed by atoms with van der Waals surface area (Å²) in [6.45, 7) is 2.42. The van der Waals surface area contributed by atoms with Gasteiger partial charge >= 0.3 is 0 Å². The van der Waals surface area contributed by atoms with Gasteiger partial charge in [-0.25, -0.2) is 19.3 Å². The molecule has 1 N–H and O–H groups in total. The first-order valence-electron chi connectivity index (χ1n) is 7.49. The minimum atomic E-state index is -0.519. The highest BCUT2D eigenvalue weighted by Gasteiger charge is 2.13. The number of rotatable bonds is 5. The standard InChI is InChI=1S/C17H14ClFN4OS/c1-10-15(25-9-23-10)4-5-20-17(24)13-6-11(2-3-14(13)18)16-21-7-12(19)8-22-16/h2-3,6-9H,4-5H2,1H3,(H,20,24). The number of thiazole rings is 1. The van der Waals surface area contributed by atoms with Gasteiger partial charge in [-0.15, -0.1) is 11.3 Å². The van der Waals surface area contributed by atoms with Crippen molar-refractivity contribution in [2.45, 2.75) is 13.3 Å². The van der Waals surface area contributed by atoms with Crippen LogP contribution in [-0.2, 0) is 6.42 Å². The Hall–Kier alpha value is -2.38. The molecule has 1 aromatic carbocycles. The summed E-state index contributed by atoms with van der Waals surface area (Å²) in [5.41, 5.74) is 3.68. The molecule has 0 spiro atoms. The Morgan fingerprint density at radius 3 is 2.72 bits per heavy atom. The van der Waals surface area contributed by atoms with E-state index in [-0.39, 0.29) is 5.91 Å². The molecule has 0 saturated heterocycles. The van der Waals surface area contributed by atoms with Crippen molar-refractivity contribution in [1.29, 1.82) is 0 Å². The topological polar surface area (TPSA) is 67.8 Å². The van der Waals surface area contributed by atoms with E-state index in [2.05, 4.69) is 20.3 Å². The number of carbonyl (C=O) groups is 1. The second kappa shape index (κ2) is 7.67. The van der Waals surface area contributed by atoms with Gasteiger partial charge in [-0.3, -0.25) is 4.79 Å². The molecule has 0 saturated carbocycles. The number of amides is 1. The van der Waals surface area contributed by atoms with Crippen LogP contribution in [0.2, 0.25) is 5.02 Å². The summed E-state index contributed by atoms with van der Waals surface area (Å²) >= 11 is 7.70. The van der Waals surface area contributed by atoms with Gasteiger partial charge in [-0.05, 0) is 25.1 Å². The number of halogens is 2. The van der Waals surface area contributed by atoms with Crippen molar-refractivity contribution in [3.05, 3.63) is 63.1 Å². The summed E-state index contributed by atoms with van der Waals surface area (Å²) in [5.74, 6) is -0.474. The quantitative estimate of drug-likeness (QED) is 0.737. The molecule has 1 amide bonds. The summed E-state index contributed by atoms with van der Waals surface area (Å²) in [4.78, 5) is 25.6. The predicted octanol–water partition coefficient (Wildman–Crippen LogP) is 3.67. The van der Waals surface area contributed by atoms with Crippen LogP contribution in [0.1, 0.15) is 20.9 Å². The van der Waals surface area contributed by atoms with Crippen LogP contribution in [0.5, 0.6) is 0 Å². The van der Waals surface area contributed by atoms with Gasteiger partial charge in [-0.2, -0.15) is 0 Å². The van der Waals surface area contributed by atoms with E-state index in [1.54, 1.807) is 35.0 Å². The van der Waals surface area contributed by atoms with Gasteiger partial charge in [-0.1, -0.05) is 11.6 Å². The lowest BCUT2D eigenvalue weighted by atomic mass is 10.1. The molecular weight excluding hydrogens is 363 g/mol. The highest BCUT2D eigenvalue weighted by molar-refractivity contribution is 7.09. The maximum Gasteiger partial charge on any atom is 0.252 e. The molecule has 3 rings (SSSR count). The Morgan fingerprint density at radius 2 is 2.04 bits per heavy atom. The lowest BCUT2D eigenvalue weighted by Gasteiger charge is -2.08. The van der Waals surface area contributed by atoms with E-state index >= 15 is 0 Å². The van der Waals surface area contributed by atoms with Gasteiger partial charge in [0, 0.05) is 23.4 Å². The molecule has 25 heavy (non-hydrogen) atoms. The Bertz CT molecular complexity index is 898. The van der Waals surface area contributed by atoms with E-state index in [0.717, 1.165) is 23.0 Å². The first-order chi connectivity index (χ1) is 12.0. The van der Waals surface area contributed by atoms with Crippen molar-refractivity contribution in [2.75, 3.05) is 6.54 Å². The number of aromatic nitrogens is 3. The largest absolute Gasteiger partial charge is 0.352 e. The second-order valence-electron chi connectivity index (χ2n) is 5.29. The monoisotopic (exact) mass is 376 g/mol. The SMILES string of the molecule is Cc1ncsc1CCNC(=O)c1cc(-c2ncc(F)cn2)ccc1Cl. The zero-order chi connectivity index (χ0) is 17.8. The molecule has 3 aromatic rings. The summed E-state index contributed by atoms with van der Waals surface area (Å²) in [7, 11) is 0. The van der Waals surface area contributed by atoms with Crippen molar-refractivity contribution >= 4 is 28.8 Å². The van der Waals surface area contributed by atoms with Crippen LogP contribution in [0.25, 0.3) is 11.4 Å². The fourth-order valence-electron chi connectivity index (χ4n) is 2.25. The highest BCUT2D eigenvalue weighted by Crippen LogP contribution is 2.23. The number of nitrogens with zero attached hydrogens (tertiary/aromatic N) is 3. The molecule has 5 nitrogen and oxygen atoms in total. The number of hydrogen-bond acceptors (Lipinski definition) is 5. The predicted molar refractivity (Wildman–Crippen MR) is 95.3 cm³/mol. The third-order valence-corrected chi connectivity index (χ3v) is 4.90. The van der Waals surface area contributed by atoms with Gasteiger partial charge in [0.05, 0.1) is 34.2 Å². The molecular formula is C17H14ClFN4OS. The van der Waals surface area contributed by atoms with Gasteiger partial charge < -0.3 is 5.32 Å². The van der Waals surface area contributed by atoms with Crippen molar-refractivity contribution in [2.24, 2.45) is 0 Å². The third-order valence-electron chi connectivity index (χ3n) is 3.57. The minimum absolute atomic E-state index is 0.281. The van der Waals surface area contributed by atoms with Crippen molar-refractivity contribution < 1.29 is 9.18 Å². The molecule has 0 aliphatic rings. The molecule has 0 unspecified atom stereocenters. The fourth-order valence-corrected chi connectivity index (χ4v) is 3.24. The Kier molecular flexibility index (Phi) is 5.35. The summed E-state index contributed by atoms with van der Waals surface area (Å²) in [5, 5.41) is 3.18. The van der Waals surface area contributed by atoms with Crippen molar-refractivity contribution in [1.82, 2.24) is 20.3 Å². The van der Waals surface area contributed by atoms with E-state index in [4.69, 9.17) is 11.6 Å². The molecule has 2 heterocycles. The molecule has 0 atom stereocenters. The van der Waals surface area contributed by atoms with E-state index < -0.39 is 5.82 Å². The van der Waals surface area contributed by atoms with Crippen molar-refractivity contribution in [3.63, 3.8) is 0 Å². The number of benzene rings is 1. The fraction of sp³-hybridized carbons (Fsp3) is 0.176. The minimum Gasteiger partial charge on any atom is -0.352 e. The zero-order valence-corrected chi connectivity index (χ0v) is 14.9. The van der Waals surface area contributed by atoms with Crippen LogP contribution < -0.4 is 5.32 Å². The molecule has 0 aliphatic carbocycles. The molecule has 8 heteroatoms. The van der Waals surface area contributed by atoms with Crippen molar-refractivity contribution in [3.8, 4) is 11.4 Å². The normalized spacial score (nSPS) is 10.7.